The molecular weight excluding hydrogens is 659 g/mol. The van der Waals surface area contributed by atoms with Crippen LogP contribution in [0, 0.1) is 5.92 Å². The summed E-state index contributed by atoms with van der Waals surface area (Å²) in [6.07, 6.45) is 10.2. The summed E-state index contributed by atoms with van der Waals surface area (Å²) in [5.41, 5.74) is 4.21. The number of ether oxygens (including phenoxy) is 4. The normalized spacial score (nSPS) is 17.8. The van der Waals surface area contributed by atoms with Crippen molar-refractivity contribution in [2.45, 2.75) is 49.9 Å². The van der Waals surface area contributed by atoms with E-state index < -0.39 is 17.8 Å². The third-order valence-electron chi connectivity index (χ3n) is 10.2. The molecule has 0 radical (unpaired) electrons. The first-order valence-corrected chi connectivity index (χ1v) is 18.3. The molecule has 1 aliphatic carbocycles. The Morgan fingerprint density at radius 3 is 2.16 bits per heavy atom. The molecule has 4 heterocycles. The second-order valence-electron chi connectivity index (χ2n) is 13.2. The van der Waals surface area contributed by atoms with E-state index >= 15 is 0 Å². The van der Waals surface area contributed by atoms with Crippen LogP contribution in [0.15, 0.2) is 116 Å². The summed E-state index contributed by atoms with van der Waals surface area (Å²) in [5, 5.41) is 11.4. The molecule has 51 heavy (non-hydrogen) atoms. The number of nitrogens with zero attached hydrogens (tertiary/aromatic N) is 3. The van der Waals surface area contributed by atoms with E-state index in [-0.39, 0.29) is 6.61 Å². The minimum Gasteiger partial charge on any atom is -0.497 e. The maximum Gasteiger partial charge on any atom is 0.199 e. The molecule has 9 heteroatoms. The predicted octanol–water partition coefficient (Wildman–Crippen LogP) is 8.48. The molecule has 3 aromatic heterocycles. The fraction of sp³-hybridized carbons (Fsp3) is 0.286. The van der Waals surface area contributed by atoms with Crippen molar-refractivity contribution in [2.75, 3.05) is 20.8 Å². The minimum absolute atomic E-state index is 0.0817. The summed E-state index contributed by atoms with van der Waals surface area (Å²) in [4.78, 5) is 12.1. The van der Waals surface area contributed by atoms with Gasteiger partial charge in [0.1, 0.15) is 35.0 Å². The number of hydrogen-bond donors (Lipinski definition) is 1. The molecule has 8 nitrogen and oxygen atoms in total. The number of fused-ring (bicyclic) bond motifs is 1. The predicted molar refractivity (Wildman–Crippen MR) is 200 cm³/mol. The van der Waals surface area contributed by atoms with E-state index in [1.165, 1.54) is 35.4 Å². The number of methoxy groups -OCH3 is 2. The van der Waals surface area contributed by atoms with Crippen LogP contribution in [-0.4, -0.2) is 52.7 Å². The molecule has 0 saturated heterocycles. The molecule has 1 N–H and O–H groups in total. The van der Waals surface area contributed by atoms with Gasteiger partial charge in [0, 0.05) is 27.6 Å². The van der Waals surface area contributed by atoms with Crippen LogP contribution in [0.4, 0.5) is 0 Å². The van der Waals surface area contributed by atoms with Gasteiger partial charge in [-0.2, -0.15) is 0 Å². The second kappa shape index (κ2) is 14.3. The Balaban J connectivity index is 1.08. The SMILES string of the molecule is COc1ccc(C(OC[C@H]2OC(n3cnc4c(-c5ccc(CC6CCCC6)s5)ccnc43)=CC2O)(c2ccccc2)c2ccc(OC)cc2)cc1. The third-order valence-corrected chi connectivity index (χ3v) is 11.3. The van der Waals surface area contributed by atoms with Crippen LogP contribution in [-0.2, 0) is 21.5 Å². The molecule has 2 atom stereocenters. The van der Waals surface area contributed by atoms with E-state index in [0.717, 1.165) is 51.6 Å². The van der Waals surface area contributed by atoms with E-state index in [9.17, 15) is 5.11 Å². The molecule has 0 bridgehead atoms. The lowest BCUT2D eigenvalue weighted by atomic mass is 9.80. The molecule has 8 rings (SSSR count). The van der Waals surface area contributed by atoms with Gasteiger partial charge in [0.25, 0.3) is 0 Å². The van der Waals surface area contributed by atoms with Gasteiger partial charge >= 0.3 is 0 Å². The lowest BCUT2D eigenvalue weighted by Gasteiger charge is -2.37. The highest BCUT2D eigenvalue weighted by Gasteiger charge is 2.40. The van der Waals surface area contributed by atoms with Gasteiger partial charge in [-0.05, 0) is 71.5 Å². The number of aliphatic hydroxyl groups is 1. The molecule has 260 valence electrons. The maximum atomic E-state index is 11.4. The van der Waals surface area contributed by atoms with Crippen molar-refractivity contribution >= 4 is 28.4 Å². The summed E-state index contributed by atoms with van der Waals surface area (Å²) in [7, 11) is 3.30. The van der Waals surface area contributed by atoms with Crippen molar-refractivity contribution < 1.29 is 24.1 Å². The average Bonchev–Trinajstić information content (AvgIpc) is 4.01. The number of imidazole rings is 1. The van der Waals surface area contributed by atoms with Gasteiger partial charge in [0.15, 0.2) is 17.6 Å². The number of pyridine rings is 1. The zero-order valence-electron chi connectivity index (χ0n) is 28.8. The Bertz CT molecular complexity index is 2070. The van der Waals surface area contributed by atoms with E-state index in [0.29, 0.717) is 11.5 Å². The zero-order chi connectivity index (χ0) is 34.8. The minimum atomic E-state index is -1.04. The highest BCUT2D eigenvalue weighted by molar-refractivity contribution is 7.15. The Hall–Kier alpha value is -4.96. The number of aliphatic hydroxyl groups excluding tert-OH is 1. The standard InChI is InChI=1S/C42H41N3O5S/c1-47-32-16-12-30(13-17-32)42(29-10-4-3-5-11-29,31-14-18-33(48-2)19-15-31)49-26-37-36(46)25-39(50-37)45-27-44-40-35(22-23-43-41(40)45)38-21-20-34(51-38)24-28-8-6-7-9-28/h3-5,10-23,25,27-28,36-37,46H,6-9,24,26H2,1-2H3/t36?,37-/m1/s1. The first-order chi connectivity index (χ1) is 25.1. The van der Waals surface area contributed by atoms with Crippen LogP contribution in [0.1, 0.15) is 47.3 Å². The highest BCUT2D eigenvalue weighted by Crippen LogP contribution is 2.43. The van der Waals surface area contributed by atoms with Gasteiger partial charge in [-0.25, -0.2) is 9.97 Å². The Labute approximate surface area is 301 Å². The molecule has 1 saturated carbocycles. The van der Waals surface area contributed by atoms with Crippen molar-refractivity contribution in [1.82, 2.24) is 14.5 Å². The molecule has 1 fully saturated rings. The van der Waals surface area contributed by atoms with Crippen molar-refractivity contribution in [1.29, 1.82) is 0 Å². The van der Waals surface area contributed by atoms with Crippen LogP contribution >= 0.6 is 11.3 Å². The first kappa shape index (κ1) is 33.2. The van der Waals surface area contributed by atoms with Gasteiger partial charge in [-0.15, -0.1) is 11.3 Å². The monoisotopic (exact) mass is 699 g/mol. The summed E-state index contributed by atoms with van der Waals surface area (Å²) in [6.45, 7) is 0.0817. The highest BCUT2D eigenvalue weighted by atomic mass is 32.1. The molecule has 1 unspecified atom stereocenters. The van der Waals surface area contributed by atoms with Crippen molar-refractivity contribution in [3.63, 3.8) is 0 Å². The van der Waals surface area contributed by atoms with Crippen LogP contribution < -0.4 is 9.47 Å². The summed E-state index contributed by atoms with van der Waals surface area (Å²) in [6, 6.07) is 32.3. The topological polar surface area (TPSA) is 87.9 Å². The Morgan fingerprint density at radius 1 is 0.824 bits per heavy atom. The summed E-state index contributed by atoms with van der Waals surface area (Å²) >= 11 is 1.84. The first-order valence-electron chi connectivity index (χ1n) is 17.5. The number of benzene rings is 3. The van der Waals surface area contributed by atoms with Gasteiger partial charge in [-0.3, -0.25) is 4.57 Å². The maximum absolute atomic E-state index is 11.4. The van der Waals surface area contributed by atoms with Gasteiger partial charge < -0.3 is 24.1 Å². The van der Waals surface area contributed by atoms with Crippen molar-refractivity contribution in [3.8, 4) is 21.9 Å². The number of rotatable bonds is 12. The van der Waals surface area contributed by atoms with E-state index in [4.69, 9.17) is 28.9 Å². The molecule has 1 aliphatic heterocycles. The molecule has 0 spiro atoms. The average molecular weight is 700 g/mol. The molecule has 0 amide bonds. The van der Waals surface area contributed by atoms with Crippen LogP contribution in [0.2, 0.25) is 0 Å². The zero-order valence-corrected chi connectivity index (χ0v) is 29.6. The largest absolute Gasteiger partial charge is 0.497 e. The molecule has 2 aliphatic rings. The second-order valence-corrected chi connectivity index (χ2v) is 14.4. The molecule has 6 aromatic rings. The van der Waals surface area contributed by atoms with Gasteiger partial charge in [0.05, 0.1) is 20.8 Å². The molecule has 3 aromatic carbocycles. The van der Waals surface area contributed by atoms with E-state index in [2.05, 4.69) is 24.3 Å². The van der Waals surface area contributed by atoms with Crippen LogP contribution in [0.3, 0.4) is 0 Å². The smallest absolute Gasteiger partial charge is 0.199 e. The van der Waals surface area contributed by atoms with Crippen LogP contribution in [0.25, 0.3) is 27.5 Å². The lowest BCUT2D eigenvalue weighted by molar-refractivity contribution is -0.0590. The fourth-order valence-corrected chi connectivity index (χ4v) is 8.63. The molecular formula is C42H41N3O5S. The number of thiophene rings is 1. The fourth-order valence-electron chi connectivity index (χ4n) is 7.48. The van der Waals surface area contributed by atoms with E-state index in [1.54, 1.807) is 26.6 Å². The van der Waals surface area contributed by atoms with E-state index in [1.807, 2.05) is 94.9 Å². The quantitative estimate of drug-likeness (QED) is 0.128. The van der Waals surface area contributed by atoms with Crippen molar-refractivity contribution in [2.24, 2.45) is 5.92 Å². The Morgan fingerprint density at radius 2 is 1.49 bits per heavy atom. The lowest BCUT2D eigenvalue weighted by Crippen LogP contribution is -2.38. The number of aromatic nitrogens is 3. The van der Waals surface area contributed by atoms with Crippen LogP contribution in [0.5, 0.6) is 11.5 Å². The van der Waals surface area contributed by atoms with Gasteiger partial charge in [-0.1, -0.05) is 80.3 Å². The number of hydrogen-bond acceptors (Lipinski definition) is 8. The van der Waals surface area contributed by atoms with Crippen molar-refractivity contribution in [3.05, 3.63) is 137 Å². The summed E-state index contributed by atoms with van der Waals surface area (Å²) < 4.78 is 26.3. The summed E-state index contributed by atoms with van der Waals surface area (Å²) in [5.74, 6) is 2.75. The van der Waals surface area contributed by atoms with Gasteiger partial charge in [0.2, 0.25) is 0 Å². The third kappa shape index (κ3) is 6.42. The Kier molecular flexibility index (Phi) is 9.34.